The summed E-state index contributed by atoms with van der Waals surface area (Å²) in [5, 5.41) is 2.56. The van der Waals surface area contributed by atoms with Gasteiger partial charge in [-0.3, -0.25) is 4.79 Å². The molecule has 0 heterocycles. The van der Waals surface area contributed by atoms with Crippen molar-refractivity contribution in [1.82, 2.24) is 5.32 Å². The van der Waals surface area contributed by atoms with Crippen LogP contribution in [0.1, 0.15) is 19.4 Å². The van der Waals surface area contributed by atoms with Crippen molar-refractivity contribution in [3.05, 3.63) is 35.9 Å². The molecule has 0 aliphatic carbocycles. The smallest absolute Gasteiger partial charge is 0.328 e. The second-order valence-corrected chi connectivity index (χ2v) is 5.31. The predicted molar refractivity (Wildman–Crippen MR) is 72.2 cm³/mol. The summed E-state index contributed by atoms with van der Waals surface area (Å²) in [7, 11) is 0. The molecule has 0 saturated carbocycles. The van der Waals surface area contributed by atoms with Gasteiger partial charge in [-0.2, -0.15) is 0 Å². The van der Waals surface area contributed by atoms with E-state index in [1.165, 1.54) is 0 Å². The maximum Gasteiger partial charge on any atom is 0.328 e. The lowest BCUT2D eigenvalue weighted by molar-refractivity contribution is -0.148. The van der Waals surface area contributed by atoms with Crippen LogP contribution in [0, 0.1) is 0 Å². The van der Waals surface area contributed by atoms with Gasteiger partial charge in [-0.1, -0.05) is 46.3 Å². The van der Waals surface area contributed by atoms with Crippen LogP contribution in [0.15, 0.2) is 30.3 Å². The average molecular weight is 314 g/mol. The minimum atomic E-state index is -0.652. The zero-order chi connectivity index (χ0) is 13.5. The van der Waals surface area contributed by atoms with Crippen LogP contribution >= 0.6 is 15.9 Å². The van der Waals surface area contributed by atoms with Gasteiger partial charge in [0.25, 0.3) is 0 Å². The highest BCUT2D eigenvalue weighted by molar-refractivity contribution is 9.10. The van der Waals surface area contributed by atoms with Crippen molar-refractivity contribution in [2.24, 2.45) is 0 Å². The molecule has 0 aliphatic rings. The summed E-state index contributed by atoms with van der Waals surface area (Å²) in [6.45, 7) is 3.50. The van der Waals surface area contributed by atoms with Crippen LogP contribution in [0.5, 0.6) is 0 Å². The van der Waals surface area contributed by atoms with Gasteiger partial charge in [0.15, 0.2) is 0 Å². The van der Waals surface area contributed by atoms with Crippen molar-refractivity contribution in [3.63, 3.8) is 0 Å². The van der Waals surface area contributed by atoms with Crippen LogP contribution < -0.4 is 5.32 Å². The second kappa shape index (κ2) is 7.16. The highest BCUT2D eigenvalue weighted by atomic mass is 79.9. The molecular formula is C13H16BrNO3. The fraction of sp³-hybridized carbons (Fsp3) is 0.385. The van der Waals surface area contributed by atoms with Crippen LogP contribution in [-0.4, -0.2) is 22.7 Å². The molecule has 0 fully saturated rings. The Morgan fingerprint density at radius 1 is 1.28 bits per heavy atom. The second-order valence-electron chi connectivity index (χ2n) is 3.94. The highest BCUT2D eigenvalue weighted by Gasteiger charge is 2.19. The lowest BCUT2D eigenvalue weighted by atomic mass is 10.2. The molecule has 4 nitrogen and oxygen atoms in total. The number of nitrogens with one attached hydrogen (secondary N) is 1. The summed E-state index contributed by atoms with van der Waals surface area (Å²) in [6, 6.07) is 8.74. The number of ether oxygens (including phenoxy) is 1. The molecule has 0 saturated heterocycles. The van der Waals surface area contributed by atoms with Crippen LogP contribution in [0.3, 0.4) is 0 Å². The van der Waals surface area contributed by atoms with E-state index in [1.54, 1.807) is 13.8 Å². The van der Waals surface area contributed by atoms with Gasteiger partial charge in [-0.05, 0) is 19.4 Å². The Morgan fingerprint density at radius 2 is 1.89 bits per heavy atom. The van der Waals surface area contributed by atoms with Crippen molar-refractivity contribution >= 4 is 27.8 Å². The molecule has 0 aromatic heterocycles. The molecule has 18 heavy (non-hydrogen) atoms. The first kappa shape index (κ1) is 14.7. The molecule has 1 aromatic carbocycles. The summed E-state index contributed by atoms with van der Waals surface area (Å²) in [6.07, 6.45) is 0. The van der Waals surface area contributed by atoms with Gasteiger partial charge in [0.05, 0.1) is 4.83 Å². The zero-order valence-corrected chi connectivity index (χ0v) is 11.9. The number of carbonyl (C=O) groups is 2. The number of rotatable bonds is 5. The maximum absolute atomic E-state index is 11.6. The first-order chi connectivity index (χ1) is 8.50. The molecule has 98 valence electrons. The predicted octanol–water partition coefficient (Wildman–Crippen LogP) is 2.02. The Bertz CT molecular complexity index is 406. The molecule has 0 radical (unpaired) electrons. The Labute approximate surface area is 115 Å². The zero-order valence-electron chi connectivity index (χ0n) is 10.4. The average Bonchev–Trinajstić information content (AvgIpc) is 2.36. The molecule has 1 rings (SSSR count). The van der Waals surface area contributed by atoms with Gasteiger partial charge in [0.1, 0.15) is 12.6 Å². The quantitative estimate of drug-likeness (QED) is 0.668. The fourth-order valence-corrected chi connectivity index (χ4v) is 1.37. The van der Waals surface area contributed by atoms with Crippen molar-refractivity contribution in [2.45, 2.75) is 31.3 Å². The normalized spacial score (nSPS) is 13.5. The molecule has 0 spiro atoms. The van der Waals surface area contributed by atoms with E-state index in [2.05, 4.69) is 21.2 Å². The van der Waals surface area contributed by atoms with Crippen LogP contribution in [0.2, 0.25) is 0 Å². The molecule has 1 N–H and O–H groups in total. The van der Waals surface area contributed by atoms with E-state index in [1.807, 2.05) is 30.3 Å². The molecule has 2 atom stereocenters. The van der Waals surface area contributed by atoms with Gasteiger partial charge >= 0.3 is 5.97 Å². The Morgan fingerprint density at radius 3 is 2.44 bits per heavy atom. The molecule has 5 heteroatoms. The van der Waals surface area contributed by atoms with Crippen molar-refractivity contribution in [2.75, 3.05) is 0 Å². The number of hydrogen-bond donors (Lipinski definition) is 1. The number of esters is 1. The molecule has 1 aromatic rings. The summed E-state index contributed by atoms with van der Waals surface area (Å²) in [5.74, 6) is -0.681. The monoisotopic (exact) mass is 313 g/mol. The van der Waals surface area contributed by atoms with Crippen LogP contribution in [0.4, 0.5) is 0 Å². The number of amides is 1. The summed E-state index contributed by atoms with van der Waals surface area (Å²) < 4.78 is 5.10. The van der Waals surface area contributed by atoms with E-state index in [0.29, 0.717) is 0 Å². The maximum atomic E-state index is 11.6. The number of hydrogen-bond acceptors (Lipinski definition) is 3. The molecule has 1 unspecified atom stereocenters. The molecule has 0 aliphatic heterocycles. The van der Waals surface area contributed by atoms with Crippen molar-refractivity contribution < 1.29 is 14.3 Å². The van der Waals surface area contributed by atoms with E-state index in [9.17, 15) is 9.59 Å². The lowest BCUT2D eigenvalue weighted by Crippen LogP contribution is -2.42. The fourth-order valence-electron chi connectivity index (χ4n) is 1.24. The first-order valence-corrected chi connectivity index (χ1v) is 6.57. The summed E-state index contributed by atoms with van der Waals surface area (Å²) >= 11 is 3.13. The first-order valence-electron chi connectivity index (χ1n) is 5.65. The largest absolute Gasteiger partial charge is 0.459 e. The van der Waals surface area contributed by atoms with Crippen LogP contribution in [0.25, 0.3) is 0 Å². The van der Waals surface area contributed by atoms with E-state index in [0.717, 1.165) is 5.56 Å². The van der Waals surface area contributed by atoms with Gasteiger partial charge in [0.2, 0.25) is 5.91 Å². The third-order valence-corrected chi connectivity index (χ3v) is 2.71. The number of alkyl halides is 1. The van der Waals surface area contributed by atoms with Gasteiger partial charge in [0, 0.05) is 0 Å². The van der Waals surface area contributed by atoms with Crippen molar-refractivity contribution in [3.8, 4) is 0 Å². The van der Waals surface area contributed by atoms with E-state index in [4.69, 9.17) is 4.74 Å². The summed E-state index contributed by atoms with van der Waals surface area (Å²) in [4.78, 5) is 22.7. The molecule has 1 amide bonds. The SMILES string of the molecule is CC(Br)C(=O)N[C@@H](C)C(=O)OCc1ccccc1. The van der Waals surface area contributed by atoms with Gasteiger partial charge < -0.3 is 10.1 Å². The lowest BCUT2D eigenvalue weighted by Gasteiger charge is -2.14. The third kappa shape index (κ3) is 4.87. The van der Waals surface area contributed by atoms with Crippen LogP contribution in [-0.2, 0) is 20.9 Å². The van der Waals surface area contributed by atoms with Gasteiger partial charge in [-0.25, -0.2) is 4.79 Å². The van der Waals surface area contributed by atoms with E-state index >= 15 is 0 Å². The Kier molecular flexibility index (Phi) is 5.85. The molecule has 0 bridgehead atoms. The number of benzene rings is 1. The number of carbonyl (C=O) groups excluding carboxylic acids is 2. The Balaban J connectivity index is 2.39. The van der Waals surface area contributed by atoms with Crippen molar-refractivity contribution in [1.29, 1.82) is 0 Å². The molecular weight excluding hydrogens is 298 g/mol. The Hall–Kier alpha value is -1.36. The third-order valence-electron chi connectivity index (χ3n) is 2.30. The van der Waals surface area contributed by atoms with E-state index in [-0.39, 0.29) is 17.3 Å². The van der Waals surface area contributed by atoms with Gasteiger partial charge in [-0.15, -0.1) is 0 Å². The topological polar surface area (TPSA) is 55.4 Å². The minimum Gasteiger partial charge on any atom is -0.459 e. The minimum absolute atomic E-state index is 0.212. The number of halogens is 1. The van der Waals surface area contributed by atoms with E-state index < -0.39 is 12.0 Å². The standard InChI is InChI=1S/C13H16BrNO3/c1-9(14)12(16)15-10(2)13(17)18-8-11-6-4-3-5-7-11/h3-7,9-10H,8H2,1-2H3,(H,15,16)/t9?,10-/m0/s1. The summed E-state index contributed by atoms with van der Waals surface area (Å²) in [5.41, 5.74) is 0.915. The highest BCUT2D eigenvalue weighted by Crippen LogP contribution is 2.03.